The zero-order chi connectivity index (χ0) is 20.4. The standard InChI is InChI=1S/C16H32NO6PS2/c1-15(2,3)13(18)25-11-9-22-24(20,21-8-7-17)23-10-12-26-14(19)16(4,5)6/h7-12,17H2,1-6H3. The minimum Gasteiger partial charge on any atom is -0.328 e. The number of hydrogen-bond acceptors (Lipinski definition) is 9. The summed E-state index contributed by atoms with van der Waals surface area (Å²) < 4.78 is 28.2. The summed E-state index contributed by atoms with van der Waals surface area (Å²) >= 11 is 2.23. The van der Waals surface area contributed by atoms with Crippen molar-refractivity contribution in [3.05, 3.63) is 0 Å². The van der Waals surface area contributed by atoms with Gasteiger partial charge in [0, 0.05) is 28.9 Å². The van der Waals surface area contributed by atoms with E-state index in [9.17, 15) is 14.2 Å². The van der Waals surface area contributed by atoms with Gasteiger partial charge in [0.2, 0.25) is 0 Å². The maximum atomic E-state index is 12.5. The maximum Gasteiger partial charge on any atom is 0.474 e. The topological polar surface area (TPSA) is 105 Å². The summed E-state index contributed by atoms with van der Waals surface area (Å²) in [5.74, 6) is 0.680. The second-order valence-corrected chi connectivity index (χ2v) is 11.3. The lowest BCUT2D eigenvalue weighted by molar-refractivity contribution is -0.118. The Bertz CT molecular complexity index is 464. The van der Waals surface area contributed by atoms with Crippen molar-refractivity contribution in [3.8, 4) is 0 Å². The first kappa shape index (κ1) is 26.1. The van der Waals surface area contributed by atoms with Crippen molar-refractivity contribution in [2.24, 2.45) is 16.6 Å². The Balaban J connectivity index is 4.36. The van der Waals surface area contributed by atoms with Crippen LogP contribution in [0.25, 0.3) is 0 Å². The molecule has 0 radical (unpaired) electrons. The van der Waals surface area contributed by atoms with Crippen LogP contribution in [-0.2, 0) is 27.7 Å². The van der Waals surface area contributed by atoms with E-state index in [-0.39, 0.29) is 36.6 Å². The third-order valence-corrected chi connectivity index (χ3v) is 6.71. The molecule has 154 valence electrons. The van der Waals surface area contributed by atoms with Gasteiger partial charge >= 0.3 is 7.82 Å². The summed E-state index contributed by atoms with van der Waals surface area (Å²) in [7, 11) is -3.77. The van der Waals surface area contributed by atoms with Gasteiger partial charge in [0.1, 0.15) is 0 Å². The van der Waals surface area contributed by atoms with Gasteiger partial charge in [-0.1, -0.05) is 65.1 Å². The molecule has 0 bridgehead atoms. The minimum atomic E-state index is -3.77. The number of carbonyl (C=O) groups is 2. The molecule has 0 aliphatic rings. The van der Waals surface area contributed by atoms with Crippen molar-refractivity contribution in [2.45, 2.75) is 41.5 Å². The van der Waals surface area contributed by atoms with E-state index in [0.29, 0.717) is 11.5 Å². The van der Waals surface area contributed by atoms with Crippen LogP contribution in [0.1, 0.15) is 41.5 Å². The monoisotopic (exact) mass is 429 g/mol. The highest BCUT2D eigenvalue weighted by molar-refractivity contribution is 8.14. The van der Waals surface area contributed by atoms with Gasteiger partial charge in [0.25, 0.3) is 0 Å². The van der Waals surface area contributed by atoms with Gasteiger partial charge in [-0.3, -0.25) is 23.2 Å². The van der Waals surface area contributed by atoms with Crippen LogP contribution in [0.4, 0.5) is 0 Å². The molecule has 2 N–H and O–H groups in total. The number of nitrogens with two attached hydrogens (primary N) is 1. The molecule has 0 aliphatic carbocycles. The van der Waals surface area contributed by atoms with Crippen LogP contribution in [0.2, 0.25) is 0 Å². The molecule has 0 aromatic heterocycles. The van der Waals surface area contributed by atoms with Gasteiger partial charge in [-0.2, -0.15) is 0 Å². The summed E-state index contributed by atoms with van der Waals surface area (Å²) in [5, 5.41) is 0.0497. The molecule has 0 spiro atoms. The summed E-state index contributed by atoms with van der Waals surface area (Å²) in [6.07, 6.45) is 0. The molecule has 0 atom stereocenters. The van der Waals surface area contributed by atoms with E-state index in [2.05, 4.69) is 0 Å². The van der Waals surface area contributed by atoms with E-state index in [1.807, 2.05) is 41.5 Å². The first-order valence-electron chi connectivity index (χ1n) is 8.40. The molecule has 0 aromatic carbocycles. The Kier molecular flexibility index (Phi) is 11.9. The normalized spacial score (nSPS) is 13.0. The van der Waals surface area contributed by atoms with Crippen LogP contribution in [0.3, 0.4) is 0 Å². The summed E-state index contributed by atoms with van der Waals surface area (Å²) in [6.45, 7) is 11.3. The van der Waals surface area contributed by atoms with Crippen molar-refractivity contribution in [3.63, 3.8) is 0 Å². The predicted octanol–water partition coefficient (Wildman–Crippen LogP) is 3.71. The molecule has 0 aromatic rings. The molecular weight excluding hydrogens is 397 g/mol. The second kappa shape index (κ2) is 11.8. The number of rotatable bonds is 11. The fourth-order valence-corrected chi connectivity index (χ4v) is 4.28. The van der Waals surface area contributed by atoms with Crippen molar-refractivity contribution in [1.82, 2.24) is 0 Å². The Morgan fingerprint density at radius 3 is 1.46 bits per heavy atom. The molecule has 7 nitrogen and oxygen atoms in total. The van der Waals surface area contributed by atoms with Gasteiger partial charge < -0.3 is 5.73 Å². The fourth-order valence-electron chi connectivity index (χ4n) is 1.28. The number of carbonyl (C=O) groups excluding carboxylic acids is 2. The average Bonchev–Trinajstić information content (AvgIpc) is 2.51. The Morgan fingerprint density at radius 1 is 0.808 bits per heavy atom. The molecule has 26 heavy (non-hydrogen) atoms. The molecule has 0 heterocycles. The van der Waals surface area contributed by atoms with Gasteiger partial charge in [-0.15, -0.1) is 0 Å². The molecule has 0 rings (SSSR count). The third-order valence-electron chi connectivity index (χ3n) is 2.72. The summed E-state index contributed by atoms with van der Waals surface area (Å²) in [6, 6.07) is 0. The number of thioether (sulfide) groups is 2. The predicted molar refractivity (Wildman–Crippen MR) is 108 cm³/mol. The van der Waals surface area contributed by atoms with Gasteiger partial charge in [-0.25, -0.2) is 4.57 Å². The summed E-state index contributed by atoms with van der Waals surface area (Å²) in [5.41, 5.74) is 4.47. The molecule has 0 amide bonds. The van der Waals surface area contributed by atoms with E-state index in [1.165, 1.54) is 0 Å². The molecule has 0 unspecified atom stereocenters. The van der Waals surface area contributed by atoms with Crippen molar-refractivity contribution in [2.75, 3.05) is 37.9 Å². The number of hydrogen-bond donors (Lipinski definition) is 1. The minimum absolute atomic E-state index is 0.0248. The van der Waals surface area contributed by atoms with Crippen LogP contribution < -0.4 is 5.73 Å². The van der Waals surface area contributed by atoms with E-state index >= 15 is 0 Å². The van der Waals surface area contributed by atoms with Crippen molar-refractivity contribution >= 4 is 41.6 Å². The van der Waals surface area contributed by atoms with E-state index in [0.717, 1.165) is 23.5 Å². The number of phosphoric ester groups is 1. The average molecular weight is 430 g/mol. The van der Waals surface area contributed by atoms with Gasteiger partial charge in [0.05, 0.1) is 19.8 Å². The largest absolute Gasteiger partial charge is 0.474 e. The van der Waals surface area contributed by atoms with Crippen LogP contribution >= 0.6 is 31.3 Å². The first-order valence-corrected chi connectivity index (χ1v) is 11.8. The van der Waals surface area contributed by atoms with Gasteiger partial charge in [0.15, 0.2) is 10.2 Å². The zero-order valence-electron chi connectivity index (χ0n) is 16.5. The lowest BCUT2D eigenvalue weighted by atomic mass is 9.99. The van der Waals surface area contributed by atoms with E-state index in [4.69, 9.17) is 19.3 Å². The molecule has 0 fully saturated rings. The van der Waals surface area contributed by atoms with Crippen molar-refractivity contribution in [1.29, 1.82) is 0 Å². The molecule has 0 saturated carbocycles. The molecule has 0 aliphatic heterocycles. The van der Waals surface area contributed by atoms with Gasteiger partial charge in [-0.05, 0) is 0 Å². The van der Waals surface area contributed by atoms with Crippen LogP contribution in [0.15, 0.2) is 0 Å². The smallest absolute Gasteiger partial charge is 0.328 e. The Labute approximate surface area is 165 Å². The highest BCUT2D eigenvalue weighted by Gasteiger charge is 2.28. The quantitative estimate of drug-likeness (QED) is 0.388. The zero-order valence-corrected chi connectivity index (χ0v) is 19.1. The lowest BCUT2D eigenvalue weighted by Gasteiger charge is -2.19. The lowest BCUT2D eigenvalue weighted by Crippen LogP contribution is -2.18. The maximum absolute atomic E-state index is 12.5. The molecule has 10 heteroatoms. The second-order valence-electron chi connectivity index (χ2n) is 7.51. The molecular formula is C16H32NO6PS2. The SMILES string of the molecule is CC(C)(C)C(=O)SCCOP(=O)(OCCN)OCCSC(=O)C(C)(C)C. The highest BCUT2D eigenvalue weighted by Crippen LogP contribution is 2.49. The van der Waals surface area contributed by atoms with E-state index in [1.54, 1.807) is 0 Å². The first-order chi connectivity index (χ1) is 11.8. The van der Waals surface area contributed by atoms with Crippen LogP contribution in [-0.4, -0.2) is 48.1 Å². The summed E-state index contributed by atoms with van der Waals surface area (Å²) in [4.78, 5) is 23.7. The molecule has 0 saturated heterocycles. The fraction of sp³-hybridized carbons (Fsp3) is 0.875. The highest BCUT2D eigenvalue weighted by atomic mass is 32.2. The van der Waals surface area contributed by atoms with Crippen LogP contribution in [0, 0.1) is 10.8 Å². The Morgan fingerprint density at radius 2 is 1.15 bits per heavy atom. The number of phosphoric acid groups is 1. The third kappa shape index (κ3) is 11.7. The van der Waals surface area contributed by atoms with Crippen LogP contribution in [0.5, 0.6) is 0 Å². The Hall–Kier alpha value is 0.110. The van der Waals surface area contributed by atoms with E-state index < -0.39 is 18.7 Å². The van der Waals surface area contributed by atoms with Crippen molar-refractivity contribution < 1.29 is 27.7 Å².